The molecule has 3 rings (SSSR count). The van der Waals surface area contributed by atoms with E-state index in [0.717, 1.165) is 0 Å². The Morgan fingerprint density at radius 2 is 2.00 bits per heavy atom. The van der Waals surface area contributed by atoms with Crippen molar-refractivity contribution < 1.29 is 24.3 Å². The van der Waals surface area contributed by atoms with Crippen molar-refractivity contribution in [2.45, 2.75) is 49.0 Å². The number of carbonyl (C=O) groups is 4. The minimum atomic E-state index is -1.04. The molecule has 0 aromatic heterocycles. The van der Waals surface area contributed by atoms with Gasteiger partial charge in [-0.05, 0) is 13.8 Å². The van der Waals surface area contributed by atoms with Crippen LogP contribution in [0.4, 0.5) is 0 Å². The number of hydrogen-bond donors (Lipinski definition) is 2. The lowest BCUT2D eigenvalue weighted by Gasteiger charge is -2.44. The van der Waals surface area contributed by atoms with Gasteiger partial charge in [0.1, 0.15) is 23.5 Å². The van der Waals surface area contributed by atoms with Gasteiger partial charge < -0.3 is 20.2 Å². The highest BCUT2D eigenvalue weighted by Gasteiger charge is 2.64. The lowest BCUT2D eigenvalue weighted by Crippen LogP contribution is -2.71. The third kappa shape index (κ3) is 2.55. The van der Waals surface area contributed by atoms with Gasteiger partial charge in [-0.3, -0.25) is 14.4 Å². The monoisotopic (exact) mass is 373 g/mol. The first-order valence-corrected chi connectivity index (χ1v) is 9.56. The summed E-state index contributed by atoms with van der Waals surface area (Å²) in [6.07, 6.45) is 0. The molecule has 4 atom stereocenters. The number of carbonyl (C=O) groups excluding carboxylic acids is 3. The molecule has 24 heavy (non-hydrogen) atoms. The molecule has 0 spiro atoms. The van der Waals surface area contributed by atoms with E-state index in [2.05, 4.69) is 5.32 Å². The number of carboxylic acids is 1. The molecule has 132 valence electrons. The van der Waals surface area contributed by atoms with Crippen molar-refractivity contribution in [2.75, 3.05) is 11.6 Å². The molecular weight excluding hydrogens is 354 g/mol. The summed E-state index contributed by atoms with van der Waals surface area (Å²) in [6, 6.07) is -2.21. The van der Waals surface area contributed by atoms with E-state index in [4.69, 9.17) is 0 Å². The highest BCUT2D eigenvalue weighted by atomic mass is 32.2. The van der Waals surface area contributed by atoms with E-state index in [1.807, 2.05) is 0 Å². The van der Waals surface area contributed by atoms with Crippen molar-refractivity contribution in [1.29, 1.82) is 0 Å². The van der Waals surface area contributed by atoms with Crippen LogP contribution in [-0.2, 0) is 19.2 Å². The molecule has 3 fully saturated rings. The van der Waals surface area contributed by atoms with Gasteiger partial charge in [0, 0.05) is 17.4 Å². The number of nitrogens with one attached hydrogen (secondary N) is 1. The number of amides is 3. The molecule has 3 amide bonds. The maximum absolute atomic E-state index is 12.5. The first-order chi connectivity index (χ1) is 11.1. The van der Waals surface area contributed by atoms with Crippen LogP contribution in [0, 0.1) is 0 Å². The molecule has 3 heterocycles. The summed E-state index contributed by atoms with van der Waals surface area (Å²) in [5, 5.41) is 11.7. The average Bonchev–Trinajstić information content (AvgIpc) is 3.05. The third-order valence-corrected chi connectivity index (χ3v) is 7.15. The number of hydrogen-bond acceptors (Lipinski definition) is 6. The van der Waals surface area contributed by atoms with Gasteiger partial charge in [-0.1, -0.05) is 0 Å². The Hall–Kier alpha value is -1.42. The first-order valence-electron chi connectivity index (χ1n) is 7.53. The number of carboxylic acid groups (broad SMARTS) is 1. The zero-order valence-corrected chi connectivity index (χ0v) is 15.1. The van der Waals surface area contributed by atoms with Crippen molar-refractivity contribution in [2.24, 2.45) is 0 Å². The summed E-state index contributed by atoms with van der Waals surface area (Å²) in [6.45, 7) is 4.98. The minimum absolute atomic E-state index is 0.177. The van der Waals surface area contributed by atoms with Gasteiger partial charge in [-0.25, -0.2) is 4.79 Å². The Balaban J connectivity index is 1.70. The SMILES string of the molecule is CC(=O)N1CSCC1C(=O)N[C@@H]1C(=O)N2[C@@H]1SC(C)(C)[C@@H]2C(=O)O. The lowest BCUT2D eigenvalue weighted by molar-refractivity contribution is -0.161. The number of rotatable bonds is 3. The molecule has 2 N–H and O–H groups in total. The number of fused-ring (bicyclic) bond motifs is 1. The van der Waals surface area contributed by atoms with Gasteiger partial charge in [0.15, 0.2) is 0 Å². The zero-order valence-electron chi connectivity index (χ0n) is 13.5. The van der Waals surface area contributed by atoms with Gasteiger partial charge >= 0.3 is 5.97 Å². The fourth-order valence-corrected chi connectivity index (χ4v) is 6.21. The zero-order chi connectivity index (χ0) is 17.8. The minimum Gasteiger partial charge on any atom is -0.480 e. The Kier molecular flexibility index (Phi) is 4.23. The molecule has 3 aliphatic rings. The third-order valence-electron chi connectivity index (χ3n) is 4.56. The van der Waals surface area contributed by atoms with Crippen LogP contribution >= 0.6 is 23.5 Å². The molecule has 3 aliphatic heterocycles. The molecule has 0 aliphatic carbocycles. The van der Waals surface area contributed by atoms with E-state index < -0.39 is 28.8 Å². The molecule has 3 saturated heterocycles. The Morgan fingerprint density at radius 3 is 2.58 bits per heavy atom. The predicted octanol–water partition coefficient (Wildman–Crippen LogP) is -0.460. The van der Waals surface area contributed by atoms with E-state index in [1.54, 1.807) is 13.8 Å². The van der Waals surface area contributed by atoms with Crippen LogP contribution in [0.2, 0.25) is 0 Å². The predicted molar refractivity (Wildman–Crippen MR) is 89.3 cm³/mol. The van der Waals surface area contributed by atoms with Gasteiger partial charge in [0.05, 0.1) is 5.88 Å². The van der Waals surface area contributed by atoms with Crippen LogP contribution in [0.15, 0.2) is 0 Å². The summed E-state index contributed by atoms with van der Waals surface area (Å²) in [5.74, 6) is -0.988. The fraction of sp³-hybridized carbons (Fsp3) is 0.714. The molecule has 1 unspecified atom stereocenters. The quantitative estimate of drug-likeness (QED) is 0.645. The van der Waals surface area contributed by atoms with E-state index in [9.17, 15) is 24.3 Å². The molecule has 0 aromatic rings. The topological polar surface area (TPSA) is 107 Å². The number of thioether (sulfide) groups is 2. The normalized spacial score (nSPS) is 33.9. The van der Waals surface area contributed by atoms with Crippen LogP contribution in [0.5, 0.6) is 0 Å². The van der Waals surface area contributed by atoms with Gasteiger partial charge in [-0.2, -0.15) is 0 Å². The summed E-state index contributed by atoms with van der Waals surface area (Å²) >= 11 is 2.87. The van der Waals surface area contributed by atoms with Crippen molar-refractivity contribution in [1.82, 2.24) is 15.1 Å². The Morgan fingerprint density at radius 1 is 1.33 bits per heavy atom. The van der Waals surface area contributed by atoms with E-state index >= 15 is 0 Å². The highest BCUT2D eigenvalue weighted by Crippen LogP contribution is 2.50. The van der Waals surface area contributed by atoms with Crippen molar-refractivity contribution in [3.63, 3.8) is 0 Å². The molecule has 0 saturated carbocycles. The smallest absolute Gasteiger partial charge is 0.327 e. The number of β-lactam (4-membered cyclic amide) rings is 1. The van der Waals surface area contributed by atoms with E-state index in [1.165, 1.54) is 40.2 Å². The van der Waals surface area contributed by atoms with Gasteiger partial charge in [0.25, 0.3) is 0 Å². The molecule has 0 bridgehead atoms. The molecular formula is C14H19N3O5S2. The van der Waals surface area contributed by atoms with Crippen LogP contribution in [-0.4, -0.2) is 78.5 Å². The summed E-state index contributed by atoms with van der Waals surface area (Å²) < 4.78 is -0.625. The average molecular weight is 373 g/mol. The van der Waals surface area contributed by atoms with Crippen LogP contribution in [0.1, 0.15) is 20.8 Å². The highest BCUT2D eigenvalue weighted by molar-refractivity contribution is 8.01. The standard InChI is InChI=1S/C14H19N3O5S2/c1-6(18)16-5-23-4-7(16)10(19)15-8-11(20)17-9(13(21)22)14(2,3)24-12(8)17/h7-9,12H,4-5H2,1-3H3,(H,15,19)(H,21,22)/t7?,8-,9+,12-/m1/s1. The number of aliphatic carboxylic acids is 1. The van der Waals surface area contributed by atoms with Gasteiger partial charge in [-0.15, -0.1) is 23.5 Å². The Labute approximate surface area is 147 Å². The largest absolute Gasteiger partial charge is 0.480 e. The fourth-order valence-electron chi connectivity index (χ4n) is 3.37. The van der Waals surface area contributed by atoms with Crippen molar-refractivity contribution in [3.8, 4) is 0 Å². The van der Waals surface area contributed by atoms with E-state index in [-0.39, 0.29) is 23.1 Å². The maximum Gasteiger partial charge on any atom is 0.327 e. The molecule has 0 aromatic carbocycles. The second-order valence-corrected chi connectivity index (χ2v) is 9.36. The second-order valence-electron chi connectivity index (χ2n) is 6.59. The second kappa shape index (κ2) is 5.83. The van der Waals surface area contributed by atoms with Crippen LogP contribution < -0.4 is 5.32 Å². The molecule has 10 heteroatoms. The summed E-state index contributed by atoms with van der Waals surface area (Å²) in [7, 11) is 0. The molecule has 8 nitrogen and oxygen atoms in total. The maximum atomic E-state index is 12.5. The summed E-state index contributed by atoms with van der Waals surface area (Å²) in [4.78, 5) is 50.7. The van der Waals surface area contributed by atoms with Crippen molar-refractivity contribution in [3.05, 3.63) is 0 Å². The lowest BCUT2D eigenvalue weighted by atomic mass is 9.96. The first kappa shape index (κ1) is 17.4. The molecule has 0 radical (unpaired) electrons. The summed E-state index contributed by atoms with van der Waals surface area (Å²) in [5.41, 5.74) is 0. The van der Waals surface area contributed by atoms with Gasteiger partial charge in [0.2, 0.25) is 17.7 Å². The van der Waals surface area contributed by atoms with Crippen LogP contribution in [0.3, 0.4) is 0 Å². The number of nitrogens with zero attached hydrogens (tertiary/aromatic N) is 2. The van der Waals surface area contributed by atoms with Crippen molar-refractivity contribution >= 4 is 47.2 Å². The van der Waals surface area contributed by atoms with Crippen LogP contribution in [0.25, 0.3) is 0 Å². The Bertz CT molecular complexity index is 626. The van der Waals surface area contributed by atoms with E-state index in [0.29, 0.717) is 11.6 Å².